The number of carbonyl (C=O) groups is 2. The summed E-state index contributed by atoms with van der Waals surface area (Å²) in [4.78, 5) is 36.6. The van der Waals surface area contributed by atoms with E-state index in [1.807, 2.05) is 41.8 Å². The molecule has 0 aliphatic carbocycles. The zero-order valence-corrected chi connectivity index (χ0v) is 17.8. The predicted octanol–water partition coefficient (Wildman–Crippen LogP) is 4.54. The van der Waals surface area contributed by atoms with E-state index in [1.54, 1.807) is 29.8 Å². The highest BCUT2D eigenvalue weighted by atomic mass is 19.4. The molecular weight excluding hydrogens is 451 g/mol. The van der Waals surface area contributed by atoms with Crippen molar-refractivity contribution in [1.82, 2.24) is 19.7 Å². The number of imidazole rings is 1. The molecule has 0 fully saturated rings. The Balaban J connectivity index is 1.66. The molecule has 34 heavy (non-hydrogen) atoms. The van der Waals surface area contributed by atoms with E-state index in [0.29, 0.717) is 22.0 Å². The van der Waals surface area contributed by atoms with Gasteiger partial charge in [-0.05, 0) is 42.8 Å². The first-order chi connectivity index (χ1) is 16.3. The van der Waals surface area contributed by atoms with Crippen LogP contribution >= 0.6 is 0 Å². The summed E-state index contributed by atoms with van der Waals surface area (Å²) in [5.74, 6) is 0. The first-order valence-electron chi connectivity index (χ1n) is 10.0. The normalized spacial score (nSPS) is 11.3. The number of urea groups is 1. The molecule has 4 aromatic rings. The number of hydrogen-bond acceptors (Lipinski definition) is 5. The summed E-state index contributed by atoms with van der Waals surface area (Å²) in [5.41, 5.74) is 4.70. The minimum atomic E-state index is -4.62. The van der Waals surface area contributed by atoms with Crippen LogP contribution in [0.15, 0.2) is 67.1 Å². The van der Waals surface area contributed by atoms with Gasteiger partial charge in [-0.3, -0.25) is 14.2 Å². The van der Waals surface area contributed by atoms with Gasteiger partial charge in [0.1, 0.15) is 12.2 Å². The van der Waals surface area contributed by atoms with E-state index in [4.69, 9.17) is 0 Å². The smallest absolute Gasteiger partial charge is 0.335 e. The first-order valence-corrected chi connectivity index (χ1v) is 10.0. The first kappa shape index (κ1) is 22.8. The van der Waals surface area contributed by atoms with Gasteiger partial charge in [0.2, 0.25) is 0 Å². The number of alkyl halides is 3. The van der Waals surface area contributed by atoms with E-state index >= 15 is 0 Å². The zero-order valence-electron chi connectivity index (χ0n) is 17.8. The molecule has 0 saturated carbocycles. The number of anilines is 1. The summed E-state index contributed by atoms with van der Waals surface area (Å²) >= 11 is 0. The molecule has 0 atom stereocenters. The minimum absolute atomic E-state index is 0.0464. The van der Waals surface area contributed by atoms with Crippen LogP contribution in [0.3, 0.4) is 0 Å². The number of aryl methyl sites for hydroxylation is 1. The maximum Gasteiger partial charge on any atom is 0.405 e. The van der Waals surface area contributed by atoms with Crippen LogP contribution in [0.5, 0.6) is 0 Å². The second-order valence-corrected chi connectivity index (χ2v) is 7.28. The molecule has 1 N–H and O–H groups in total. The Morgan fingerprint density at radius 1 is 1.15 bits per heavy atom. The van der Waals surface area contributed by atoms with Crippen molar-refractivity contribution in [3.05, 3.63) is 72.7 Å². The van der Waals surface area contributed by atoms with Gasteiger partial charge in [-0.15, -0.1) is 5.06 Å². The quantitative estimate of drug-likeness (QED) is 0.331. The molecule has 11 heteroatoms. The Bertz CT molecular complexity index is 1350. The second-order valence-electron chi connectivity index (χ2n) is 7.28. The molecule has 0 spiro atoms. The third-order valence-corrected chi connectivity index (χ3v) is 4.95. The zero-order chi connectivity index (χ0) is 24.3. The van der Waals surface area contributed by atoms with Crippen LogP contribution in [0.2, 0.25) is 0 Å². The van der Waals surface area contributed by atoms with E-state index in [9.17, 15) is 22.8 Å². The highest BCUT2D eigenvalue weighted by Gasteiger charge is 2.30. The Morgan fingerprint density at radius 2 is 1.97 bits per heavy atom. The number of halogens is 3. The van der Waals surface area contributed by atoms with E-state index in [2.05, 4.69) is 14.8 Å². The molecule has 174 valence electrons. The van der Waals surface area contributed by atoms with Crippen LogP contribution in [0.1, 0.15) is 5.56 Å². The molecule has 0 radical (unpaired) electrons. The van der Waals surface area contributed by atoms with Crippen LogP contribution in [0, 0.1) is 6.92 Å². The molecule has 0 saturated heterocycles. The molecule has 3 heterocycles. The van der Waals surface area contributed by atoms with Gasteiger partial charge in [-0.25, -0.2) is 9.78 Å². The monoisotopic (exact) mass is 469 g/mol. The van der Waals surface area contributed by atoms with Crippen molar-refractivity contribution in [2.24, 2.45) is 0 Å². The fourth-order valence-corrected chi connectivity index (χ4v) is 3.44. The third-order valence-electron chi connectivity index (χ3n) is 4.95. The number of aromatic nitrogens is 3. The third kappa shape index (κ3) is 4.82. The van der Waals surface area contributed by atoms with Crippen LogP contribution < -0.4 is 10.4 Å². The number of hydrogen-bond donors (Lipinski definition) is 1. The van der Waals surface area contributed by atoms with Gasteiger partial charge in [0, 0.05) is 23.5 Å². The van der Waals surface area contributed by atoms with Crippen molar-refractivity contribution in [3.63, 3.8) is 0 Å². The lowest BCUT2D eigenvalue weighted by Crippen LogP contribution is -2.43. The summed E-state index contributed by atoms with van der Waals surface area (Å²) in [7, 11) is 0. The van der Waals surface area contributed by atoms with E-state index in [1.165, 1.54) is 12.1 Å². The summed E-state index contributed by atoms with van der Waals surface area (Å²) in [6.45, 7) is 0.345. The minimum Gasteiger partial charge on any atom is -0.335 e. The Hall–Kier alpha value is -4.41. The lowest BCUT2D eigenvalue weighted by Gasteiger charge is -2.20. The van der Waals surface area contributed by atoms with Gasteiger partial charge in [0.15, 0.2) is 0 Å². The van der Waals surface area contributed by atoms with Crippen LogP contribution in [0.4, 0.5) is 23.7 Å². The molecule has 0 bridgehead atoms. The largest absolute Gasteiger partial charge is 0.405 e. The lowest BCUT2D eigenvalue weighted by atomic mass is 10.1. The molecule has 2 amide bonds. The van der Waals surface area contributed by atoms with E-state index in [0.717, 1.165) is 16.8 Å². The summed E-state index contributed by atoms with van der Waals surface area (Å²) in [5, 5.41) is 2.12. The molecule has 4 rings (SSSR count). The molecular formula is C23H18F3N5O3. The predicted molar refractivity (Wildman–Crippen MR) is 118 cm³/mol. The maximum absolute atomic E-state index is 12.5. The number of pyridine rings is 2. The number of nitrogens with zero attached hydrogens (tertiary/aromatic N) is 4. The summed E-state index contributed by atoms with van der Waals surface area (Å²) in [6.07, 6.45) is 0.544. The van der Waals surface area contributed by atoms with Crippen molar-refractivity contribution in [1.29, 1.82) is 0 Å². The van der Waals surface area contributed by atoms with Crippen molar-refractivity contribution in [2.45, 2.75) is 13.1 Å². The standard InChI is InChI=1S/C23H18F3N5O3/c1-15-4-3-8-27-21(15)17-7-9-30-19(12-28-20(30)11-17)16-5-2-6-18(10-16)31(34-14-32)22(33)29-13-23(24,25)26/h2-12,14H,13H2,1H3,(H,29,33). The van der Waals surface area contributed by atoms with Crippen molar-refractivity contribution >= 4 is 23.8 Å². The Morgan fingerprint density at radius 3 is 2.71 bits per heavy atom. The number of nitrogens with one attached hydrogen (secondary N) is 1. The second kappa shape index (κ2) is 9.22. The fourth-order valence-electron chi connectivity index (χ4n) is 3.44. The van der Waals surface area contributed by atoms with Crippen LogP contribution in [-0.4, -0.2) is 39.6 Å². The molecule has 1 aromatic carbocycles. The summed E-state index contributed by atoms with van der Waals surface area (Å²) < 4.78 is 39.2. The van der Waals surface area contributed by atoms with Gasteiger partial charge in [-0.2, -0.15) is 13.2 Å². The van der Waals surface area contributed by atoms with Crippen molar-refractivity contribution in [3.8, 4) is 22.5 Å². The molecule has 3 aromatic heterocycles. The number of carbonyl (C=O) groups excluding carboxylic acids is 2. The van der Waals surface area contributed by atoms with Crippen molar-refractivity contribution < 1.29 is 27.6 Å². The number of benzene rings is 1. The lowest BCUT2D eigenvalue weighted by molar-refractivity contribution is -0.129. The van der Waals surface area contributed by atoms with E-state index < -0.39 is 18.8 Å². The summed E-state index contributed by atoms with van der Waals surface area (Å²) in [6, 6.07) is 12.6. The fraction of sp³-hybridized carbons (Fsp3) is 0.130. The van der Waals surface area contributed by atoms with Crippen LogP contribution in [-0.2, 0) is 9.63 Å². The number of fused-ring (bicyclic) bond motifs is 1. The van der Waals surface area contributed by atoms with E-state index in [-0.39, 0.29) is 12.2 Å². The van der Waals surface area contributed by atoms with Gasteiger partial charge < -0.3 is 10.2 Å². The maximum atomic E-state index is 12.5. The average Bonchev–Trinajstić information content (AvgIpc) is 3.24. The molecule has 0 aliphatic rings. The average molecular weight is 469 g/mol. The van der Waals surface area contributed by atoms with Gasteiger partial charge in [0.25, 0.3) is 0 Å². The highest BCUT2D eigenvalue weighted by molar-refractivity contribution is 5.91. The Kier molecular flexibility index (Phi) is 6.17. The van der Waals surface area contributed by atoms with Crippen molar-refractivity contribution in [2.75, 3.05) is 11.6 Å². The Labute approximate surface area is 191 Å². The highest BCUT2D eigenvalue weighted by Crippen LogP contribution is 2.28. The van der Waals surface area contributed by atoms with Gasteiger partial charge in [-0.1, -0.05) is 18.2 Å². The number of rotatable bonds is 6. The topological polar surface area (TPSA) is 88.8 Å². The van der Waals surface area contributed by atoms with Gasteiger partial charge >= 0.3 is 18.7 Å². The van der Waals surface area contributed by atoms with Crippen LogP contribution in [0.25, 0.3) is 28.2 Å². The molecule has 0 unspecified atom stereocenters. The number of amides is 2. The van der Waals surface area contributed by atoms with Gasteiger partial charge in [0.05, 0.1) is 23.3 Å². The molecule has 0 aliphatic heterocycles. The molecule has 8 nitrogen and oxygen atoms in total. The number of hydroxylamine groups is 1. The SMILES string of the molecule is Cc1cccnc1-c1ccn2c(-c3cccc(N(OC=O)C(=O)NCC(F)(F)F)c3)cnc2c1.